The van der Waals surface area contributed by atoms with E-state index in [0.717, 1.165) is 5.56 Å². The lowest BCUT2D eigenvalue weighted by atomic mass is 10.2. The number of benzene rings is 1. The summed E-state index contributed by atoms with van der Waals surface area (Å²) >= 11 is 3.34. The van der Waals surface area contributed by atoms with Crippen molar-refractivity contribution in [3.05, 3.63) is 64.5 Å². The second kappa shape index (κ2) is 7.79. The number of aryl methyl sites for hydroxylation is 1. The summed E-state index contributed by atoms with van der Waals surface area (Å²) in [7, 11) is 0. The highest BCUT2D eigenvalue weighted by molar-refractivity contribution is 9.10. The molecule has 132 valence electrons. The van der Waals surface area contributed by atoms with Gasteiger partial charge in [0.05, 0.1) is 5.56 Å². The number of rotatable bonds is 5. The van der Waals surface area contributed by atoms with Crippen LogP contribution in [0.25, 0.3) is 0 Å². The van der Waals surface area contributed by atoms with Crippen molar-refractivity contribution < 1.29 is 4.79 Å². The van der Waals surface area contributed by atoms with Crippen molar-refractivity contribution in [2.45, 2.75) is 6.92 Å². The Kier molecular flexibility index (Phi) is 5.28. The minimum absolute atomic E-state index is 0.253. The smallest absolute Gasteiger partial charge is 0.270 e. The number of amides is 1. The van der Waals surface area contributed by atoms with Gasteiger partial charge in [0, 0.05) is 10.7 Å². The lowest BCUT2D eigenvalue weighted by Crippen LogP contribution is -2.30. The molecule has 0 fully saturated rings. The van der Waals surface area contributed by atoms with E-state index in [1.807, 2.05) is 25.1 Å². The van der Waals surface area contributed by atoms with Gasteiger partial charge in [-0.3, -0.25) is 15.6 Å². The van der Waals surface area contributed by atoms with Crippen LogP contribution < -0.4 is 21.9 Å². The summed E-state index contributed by atoms with van der Waals surface area (Å²) in [6.45, 7) is 1.96. The number of hydrogen-bond acceptors (Lipinski definition) is 7. The van der Waals surface area contributed by atoms with Gasteiger partial charge in [-0.25, -0.2) is 15.0 Å². The van der Waals surface area contributed by atoms with Crippen LogP contribution in [0.4, 0.5) is 23.1 Å². The Bertz CT molecular complexity index is 948. The molecule has 3 rings (SSSR count). The zero-order chi connectivity index (χ0) is 18.5. The third-order valence-electron chi connectivity index (χ3n) is 3.46. The van der Waals surface area contributed by atoms with E-state index in [2.05, 4.69) is 47.1 Å². The fourth-order valence-electron chi connectivity index (χ4n) is 2.15. The Morgan fingerprint density at radius 3 is 2.65 bits per heavy atom. The molecule has 8 nitrogen and oxygen atoms in total. The Balaban J connectivity index is 1.73. The maximum atomic E-state index is 12.3. The number of aromatic nitrogens is 3. The predicted octanol–water partition coefficient (Wildman–Crippen LogP) is 3.03. The predicted molar refractivity (Wildman–Crippen MR) is 104 cm³/mol. The Hall–Kier alpha value is -3.20. The van der Waals surface area contributed by atoms with Gasteiger partial charge in [0.25, 0.3) is 5.91 Å². The van der Waals surface area contributed by atoms with Crippen molar-refractivity contribution in [3.63, 3.8) is 0 Å². The van der Waals surface area contributed by atoms with Crippen molar-refractivity contribution >= 4 is 45.0 Å². The van der Waals surface area contributed by atoms with Crippen LogP contribution in [0.3, 0.4) is 0 Å². The molecule has 0 bridgehead atoms. The number of carbonyl (C=O) groups excluding carboxylic acids is 1. The number of pyridine rings is 1. The van der Waals surface area contributed by atoms with E-state index in [4.69, 9.17) is 5.73 Å². The van der Waals surface area contributed by atoms with Crippen LogP contribution in [0.5, 0.6) is 0 Å². The van der Waals surface area contributed by atoms with Gasteiger partial charge in [-0.1, -0.05) is 12.1 Å². The molecular formula is C17H16BrN7O. The largest absolute Gasteiger partial charge is 0.393 e. The third-order valence-corrected chi connectivity index (χ3v) is 4.15. The maximum absolute atomic E-state index is 12.3. The number of hydrogen-bond donors (Lipinski definition) is 4. The van der Waals surface area contributed by atoms with Gasteiger partial charge in [-0.05, 0) is 52.7 Å². The number of carbonyl (C=O) groups is 1. The quantitative estimate of drug-likeness (QED) is 0.474. The summed E-state index contributed by atoms with van der Waals surface area (Å²) in [6, 6.07) is 10.8. The zero-order valence-corrected chi connectivity index (χ0v) is 15.4. The number of nitrogens with zero attached hydrogens (tertiary/aromatic N) is 3. The molecule has 2 aromatic heterocycles. The molecule has 1 aromatic carbocycles. The van der Waals surface area contributed by atoms with Gasteiger partial charge in [0.15, 0.2) is 11.6 Å². The minimum Gasteiger partial charge on any atom is -0.393 e. The number of nitrogens with one attached hydrogen (secondary N) is 3. The first-order chi connectivity index (χ1) is 12.5. The SMILES string of the molecule is Cc1ccnc(Nc2ncnc(NNC(=O)c3ccccc3Br)c2N)c1. The molecule has 0 saturated carbocycles. The van der Waals surface area contributed by atoms with Gasteiger partial charge in [-0.15, -0.1) is 0 Å². The molecule has 26 heavy (non-hydrogen) atoms. The minimum atomic E-state index is -0.328. The molecular weight excluding hydrogens is 398 g/mol. The van der Waals surface area contributed by atoms with E-state index in [-0.39, 0.29) is 17.4 Å². The molecule has 2 heterocycles. The number of hydrazine groups is 1. The van der Waals surface area contributed by atoms with Crippen LogP contribution in [0.2, 0.25) is 0 Å². The van der Waals surface area contributed by atoms with Crippen molar-refractivity contribution in [3.8, 4) is 0 Å². The first-order valence-electron chi connectivity index (χ1n) is 7.65. The van der Waals surface area contributed by atoms with Crippen LogP contribution >= 0.6 is 15.9 Å². The summed E-state index contributed by atoms with van der Waals surface area (Å²) in [5.41, 5.74) is 13.2. The average Bonchev–Trinajstić information content (AvgIpc) is 2.62. The molecule has 0 saturated heterocycles. The molecule has 0 spiro atoms. The van der Waals surface area contributed by atoms with E-state index in [1.165, 1.54) is 6.33 Å². The van der Waals surface area contributed by atoms with Gasteiger partial charge < -0.3 is 11.1 Å². The van der Waals surface area contributed by atoms with E-state index < -0.39 is 0 Å². The van der Waals surface area contributed by atoms with Gasteiger partial charge in [0.2, 0.25) is 0 Å². The van der Waals surface area contributed by atoms with E-state index >= 15 is 0 Å². The molecule has 0 radical (unpaired) electrons. The molecule has 1 amide bonds. The number of nitrogen functional groups attached to an aromatic ring is 1. The second-order valence-corrected chi connectivity index (χ2v) is 6.24. The lowest BCUT2D eigenvalue weighted by Gasteiger charge is -2.13. The highest BCUT2D eigenvalue weighted by Crippen LogP contribution is 2.24. The van der Waals surface area contributed by atoms with Crippen molar-refractivity contribution in [1.82, 2.24) is 20.4 Å². The number of anilines is 4. The highest BCUT2D eigenvalue weighted by Gasteiger charge is 2.12. The summed E-state index contributed by atoms with van der Waals surface area (Å²) in [4.78, 5) is 24.6. The summed E-state index contributed by atoms with van der Waals surface area (Å²) < 4.78 is 0.683. The normalized spacial score (nSPS) is 10.2. The second-order valence-electron chi connectivity index (χ2n) is 5.39. The first kappa shape index (κ1) is 17.6. The zero-order valence-electron chi connectivity index (χ0n) is 13.8. The van der Waals surface area contributed by atoms with Gasteiger partial charge >= 0.3 is 0 Å². The highest BCUT2D eigenvalue weighted by atomic mass is 79.9. The summed E-state index contributed by atoms with van der Waals surface area (Å²) in [6.07, 6.45) is 3.02. The maximum Gasteiger partial charge on any atom is 0.270 e. The summed E-state index contributed by atoms with van der Waals surface area (Å²) in [5, 5.41) is 3.03. The Morgan fingerprint density at radius 1 is 1.12 bits per heavy atom. The molecule has 0 atom stereocenters. The molecule has 0 aliphatic heterocycles. The van der Waals surface area contributed by atoms with E-state index in [0.29, 0.717) is 21.7 Å². The van der Waals surface area contributed by atoms with Crippen LogP contribution in [0.1, 0.15) is 15.9 Å². The van der Waals surface area contributed by atoms with Crippen LogP contribution in [0.15, 0.2) is 53.4 Å². The van der Waals surface area contributed by atoms with Gasteiger partial charge in [-0.2, -0.15) is 0 Å². The average molecular weight is 414 g/mol. The molecule has 0 aliphatic rings. The van der Waals surface area contributed by atoms with E-state index in [9.17, 15) is 4.79 Å². The number of nitrogens with two attached hydrogens (primary N) is 1. The molecule has 3 aromatic rings. The fraction of sp³-hybridized carbons (Fsp3) is 0.0588. The lowest BCUT2D eigenvalue weighted by molar-refractivity contribution is 0.0962. The Morgan fingerprint density at radius 2 is 1.88 bits per heavy atom. The molecule has 0 unspecified atom stereocenters. The Labute approximate surface area is 158 Å². The van der Waals surface area contributed by atoms with E-state index in [1.54, 1.807) is 24.4 Å². The molecule has 0 aliphatic carbocycles. The number of halogens is 1. The molecule has 5 N–H and O–H groups in total. The monoisotopic (exact) mass is 413 g/mol. The standard InChI is InChI=1S/C17H16BrN7O/c1-10-6-7-20-13(8-10)23-15-14(19)16(22-9-21-15)24-25-17(26)11-4-2-3-5-12(11)18/h2-9H,19H2,1H3,(H,25,26)(H2,20,21,22,23,24). The van der Waals surface area contributed by atoms with Crippen molar-refractivity contribution in [2.24, 2.45) is 0 Å². The van der Waals surface area contributed by atoms with Gasteiger partial charge in [0.1, 0.15) is 17.8 Å². The fourth-order valence-corrected chi connectivity index (χ4v) is 2.61. The summed E-state index contributed by atoms with van der Waals surface area (Å²) in [5.74, 6) is 0.940. The topological polar surface area (TPSA) is 118 Å². The van der Waals surface area contributed by atoms with Crippen LogP contribution in [0, 0.1) is 6.92 Å². The third kappa shape index (κ3) is 4.06. The first-order valence-corrected chi connectivity index (χ1v) is 8.45. The van der Waals surface area contributed by atoms with Crippen molar-refractivity contribution in [1.29, 1.82) is 0 Å². The van der Waals surface area contributed by atoms with Crippen LogP contribution in [-0.2, 0) is 0 Å². The molecule has 9 heteroatoms. The van der Waals surface area contributed by atoms with Crippen LogP contribution in [-0.4, -0.2) is 20.9 Å². The van der Waals surface area contributed by atoms with Crippen molar-refractivity contribution in [2.75, 3.05) is 16.5 Å².